The Morgan fingerprint density at radius 3 is 2.28 bits per heavy atom. The van der Waals surface area contributed by atoms with Crippen LogP contribution in [0.5, 0.6) is 11.5 Å². The summed E-state index contributed by atoms with van der Waals surface area (Å²) in [5, 5.41) is 5.20. The molecule has 0 aliphatic carbocycles. The lowest BCUT2D eigenvalue weighted by Gasteiger charge is -2.11. The molecule has 2 N–H and O–H groups in total. The molecule has 25 heavy (non-hydrogen) atoms. The van der Waals surface area contributed by atoms with E-state index in [1.807, 2.05) is 0 Å². The first kappa shape index (κ1) is 18.4. The highest BCUT2D eigenvalue weighted by Crippen LogP contribution is 2.24. The molecule has 0 aromatic heterocycles. The number of methoxy groups -OCH3 is 1. The van der Waals surface area contributed by atoms with E-state index in [1.54, 1.807) is 6.07 Å². The molecule has 2 aromatic carbocycles. The number of halogens is 4. The minimum Gasteiger partial charge on any atom is -0.494 e. The molecule has 134 valence electrons. The molecular formula is C16H14F4N2O3. The van der Waals surface area contributed by atoms with Gasteiger partial charge in [0.1, 0.15) is 5.75 Å². The van der Waals surface area contributed by atoms with E-state index in [9.17, 15) is 22.4 Å². The highest BCUT2D eigenvalue weighted by molar-refractivity contribution is 5.93. The van der Waals surface area contributed by atoms with E-state index in [0.717, 1.165) is 12.1 Å². The van der Waals surface area contributed by atoms with E-state index in [4.69, 9.17) is 4.74 Å². The summed E-state index contributed by atoms with van der Waals surface area (Å²) in [6, 6.07) is 8.83. The van der Waals surface area contributed by atoms with Gasteiger partial charge < -0.3 is 20.1 Å². The van der Waals surface area contributed by atoms with Gasteiger partial charge in [0, 0.05) is 17.4 Å². The fraction of sp³-hybridized carbons (Fsp3) is 0.188. The summed E-state index contributed by atoms with van der Waals surface area (Å²) in [5.41, 5.74) is 0.671. The Labute approximate surface area is 140 Å². The van der Waals surface area contributed by atoms with Crippen LogP contribution in [0.2, 0.25) is 0 Å². The maximum absolute atomic E-state index is 13.5. The molecule has 0 unspecified atom stereocenters. The minimum atomic E-state index is -4.78. The number of alkyl halides is 3. The first-order valence-electron chi connectivity index (χ1n) is 7.00. The van der Waals surface area contributed by atoms with Crippen molar-refractivity contribution in [3.05, 3.63) is 48.3 Å². The van der Waals surface area contributed by atoms with Crippen molar-refractivity contribution in [2.24, 2.45) is 0 Å². The van der Waals surface area contributed by atoms with Gasteiger partial charge in [0.2, 0.25) is 5.91 Å². The average Bonchev–Trinajstić information content (AvgIpc) is 2.53. The van der Waals surface area contributed by atoms with Crippen LogP contribution in [0.25, 0.3) is 0 Å². The van der Waals surface area contributed by atoms with E-state index in [1.165, 1.54) is 31.4 Å². The lowest BCUT2D eigenvalue weighted by Crippen LogP contribution is -2.21. The SMILES string of the molecule is COc1ccc(NCC(=O)Nc2ccc(OC(F)(F)F)cc2)cc1F. The third-order valence-electron chi connectivity index (χ3n) is 2.98. The second-order valence-corrected chi connectivity index (χ2v) is 4.82. The largest absolute Gasteiger partial charge is 0.573 e. The van der Waals surface area contributed by atoms with Gasteiger partial charge in [-0.1, -0.05) is 0 Å². The molecule has 0 saturated carbocycles. The molecular weight excluding hydrogens is 344 g/mol. The van der Waals surface area contributed by atoms with Crippen LogP contribution in [-0.4, -0.2) is 25.9 Å². The third-order valence-corrected chi connectivity index (χ3v) is 2.98. The number of carbonyl (C=O) groups excluding carboxylic acids is 1. The highest BCUT2D eigenvalue weighted by Gasteiger charge is 2.30. The van der Waals surface area contributed by atoms with Gasteiger partial charge in [-0.15, -0.1) is 13.2 Å². The number of hydrogen-bond donors (Lipinski definition) is 2. The normalized spacial score (nSPS) is 10.9. The van der Waals surface area contributed by atoms with E-state index < -0.39 is 23.8 Å². The smallest absolute Gasteiger partial charge is 0.494 e. The Kier molecular flexibility index (Phi) is 5.68. The Hall–Kier alpha value is -2.97. The molecule has 0 radical (unpaired) electrons. The number of rotatable bonds is 6. The Morgan fingerprint density at radius 1 is 1.08 bits per heavy atom. The molecule has 5 nitrogen and oxygen atoms in total. The van der Waals surface area contributed by atoms with Crippen molar-refractivity contribution >= 4 is 17.3 Å². The molecule has 9 heteroatoms. The van der Waals surface area contributed by atoms with Crippen LogP contribution in [0.3, 0.4) is 0 Å². The summed E-state index contributed by atoms with van der Waals surface area (Å²) >= 11 is 0. The molecule has 1 amide bonds. The lowest BCUT2D eigenvalue weighted by atomic mass is 10.3. The molecule has 2 rings (SSSR count). The Morgan fingerprint density at radius 2 is 1.72 bits per heavy atom. The van der Waals surface area contributed by atoms with Crippen molar-refractivity contribution in [2.45, 2.75) is 6.36 Å². The van der Waals surface area contributed by atoms with Crippen molar-refractivity contribution in [3.8, 4) is 11.5 Å². The molecule has 0 atom stereocenters. The van der Waals surface area contributed by atoms with Gasteiger partial charge >= 0.3 is 6.36 Å². The third kappa shape index (κ3) is 5.87. The molecule has 0 saturated heterocycles. The van der Waals surface area contributed by atoms with Crippen molar-refractivity contribution in [1.82, 2.24) is 0 Å². The first-order valence-corrected chi connectivity index (χ1v) is 7.00. The molecule has 0 bridgehead atoms. The summed E-state index contributed by atoms with van der Waals surface area (Å²) in [5.74, 6) is -1.35. The van der Waals surface area contributed by atoms with E-state index in [0.29, 0.717) is 11.4 Å². The second-order valence-electron chi connectivity index (χ2n) is 4.82. The van der Waals surface area contributed by atoms with Crippen LogP contribution in [-0.2, 0) is 4.79 Å². The van der Waals surface area contributed by atoms with Crippen molar-refractivity contribution in [2.75, 3.05) is 24.3 Å². The second kappa shape index (κ2) is 7.73. The average molecular weight is 358 g/mol. The summed E-state index contributed by atoms with van der Waals surface area (Å²) < 4.78 is 58.2. The molecule has 0 fully saturated rings. The zero-order valence-corrected chi connectivity index (χ0v) is 13.0. The van der Waals surface area contributed by atoms with Gasteiger partial charge in [-0.05, 0) is 36.4 Å². The Bertz CT molecular complexity index is 733. The standard InChI is InChI=1S/C16H14F4N2O3/c1-24-14-7-4-11(8-13(14)17)21-9-15(23)22-10-2-5-12(6-3-10)25-16(18,19)20/h2-8,21H,9H2,1H3,(H,22,23). The number of carbonyl (C=O) groups is 1. The van der Waals surface area contributed by atoms with Gasteiger partial charge in [0.25, 0.3) is 0 Å². The van der Waals surface area contributed by atoms with Crippen LogP contribution >= 0.6 is 0 Å². The quantitative estimate of drug-likeness (QED) is 0.772. The number of benzene rings is 2. The van der Waals surface area contributed by atoms with Crippen LogP contribution in [0.15, 0.2) is 42.5 Å². The number of hydrogen-bond acceptors (Lipinski definition) is 4. The lowest BCUT2D eigenvalue weighted by molar-refractivity contribution is -0.274. The van der Waals surface area contributed by atoms with E-state index >= 15 is 0 Å². The van der Waals surface area contributed by atoms with E-state index in [2.05, 4.69) is 15.4 Å². The highest BCUT2D eigenvalue weighted by atomic mass is 19.4. The fourth-order valence-electron chi connectivity index (χ4n) is 1.90. The van der Waals surface area contributed by atoms with Gasteiger partial charge in [0.15, 0.2) is 11.6 Å². The number of anilines is 2. The van der Waals surface area contributed by atoms with Gasteiger partial charge in [-0.2, -0.15) is 0 Å². The summed E-state index contributed by atoms with van der Waals surface area (Å²) in [4.78, 5) is 11.8. The zero-order chi connectivity index (χ0) is 18.4. The summed E-state index contributed by atoms with van der Waals surface area (Å²) in [6.07, 6.45) is -4.78. The number of nitrogens with one attached hydrogen (secondary N) is 2. The topological polar surface area (TPSA) is 59.6 Å². The van der Waals surface area contributed by atoms with Gasteiger partial charge in [-0.25, -0.2) is 4.39 Å². The van der Waals surface area contributed by atoms with Crippen molar-refractivity contribution < 1.29 is 31.8 Å². The fourth-order valence-corrected chi connectivity index (χ4v) is 1.90. The number of ether oxygens (including phenoxy) is 2. The van der Waals surface area contributed by atoms with Crippen LogP contribution in [0.4, 0.5) is 28.9 Å². The molecule has 0 aliphatic rings. The molecule has 0 aliphatic heterocycles. The van der Waals surface area contributed by atoms with Gasteiger partial charge in [0.05, 0.1) is 13.7 Å². The molecule has 0 heterocycles. The molecule has 0 spiro atoms. The first-order chi connectivity index (χ1) is 11.8. The predicted octanol–water partition coefficient (Wildman–Crippen LogP) is 3.78. The van der Waals surface area contributed by atoms with Crippen LogP contribution in [0.1, 0.15) is 0 Å². The predicted molar refractivity (Wildman–Crippen MR) is 83.2 cm³/mol. The van der Waals surface area contributed by atoms with E-state index in [-0.39, 0.29) is 12.3 Å². The number of amides is 1. The van der Waals surface area contributed by atoms with Gasteiger partial charge in [-0.3, -0.25) is 4.79 Å². The van der Waals surface area contributed by atoms with Crippen LogP contribution in [0, 0.1) is 5.82 Å². The molecule has 2 aromatic rings. The summed E-state index contributed by atoms with van der Waals surface area (Å²) in [7, 11) is 1.34. The van der Waals surface area contributed by atoms with Crippen molar-refractivity contribution in [1.29, 1.82) is 0 Å². The maximum Gasteiger partial charge on any atom is 0.573 e. The van der Waals surface area contributed by atoms with Crippen LogP contribution < -0.4 is 20.1 Å². The monoisotopic (exact) mass is 358 g/mol. The Balaban J connectivity index is 1.87. The zero-order valence-electron chi connectivity index (χ0n) is 13.0. The summed E-state index contributed by atoms with van der Waals surface area (Å²) in [6.45, 7) is -0.160. The van der Waals surface area contributed by atoms with Crippen molar-refractivity contribution in [3.63, 3.8) is 0 Å². The minimum absolute atomic E-state index is 0.0798. The maximum atomic E-state index is 13.5.